The van der Waals surface area contributed by atoms with Crippen LogP contribution in [0.1, 0.15) is 53.7 Å². The summed E-state index contributed by atoms with van der Waals surface area (Å²) in [5, 5.41) is 8.06. The summed E-state index contributed by atoms with van der Waals surface area (Å²) in [4.78, 5) is 31.4. The molecule has 5 nitrogen and oxygen atoms in total. The van der Waals surface area contributed by atoms with Gasteiger partial charge < -0.3 is 10.6 Å². The van der Waals surface area contributed by atoms with E-state index in [4.69, 9.17) is 0 Å². The van der Waals surface area contributed by atoms with Gasteiger partial charge in [-0.25, -0.2) is 0 Å². The lowest BCUT2D eigenvalue weighted by Gasteiger charge is -2.31. The Morgan fingerprint density at radius 1 is 1.13 bits per heavy atom. The van der Waals surface area contributed by atoms with E-state index in [0.29, 0.717) is 16.9 Å². The molecule has 6 heteroatoms. The molecule has 0 atom stereocenters. The van der Waals surface area contributed by atoms with Crippen LogP contribution in [0.25, 0.3) is 10.6 Å². The van der Waals surface area contributed by atoms with E-state index in [9.17, 15) is 9.59 Å². The minimum Gasteiger partial charge on any atom is -0.325 e. The van der Waals surface area contributed by atoms with Gasteiger partial charge in [0.25, 0.3) is 5.91 Å². The zero-order chi connectivity index (χ0) is 20.7. The Kier molecular flexibility index (Phi) is 4.66. The molecule has 2 aromatic heterocycles. The highest BCUT2D eigenvalue weighted by atomic mass is 32.1. The molecular formula is C24H23N3O2S. The minimum atomic E-state index is -0.436. The third kappa shape index (κ3) is 3.12. The van der Waals surface area contributed by atoms with Crippen LogP contribution in [-0.4, -0.2) is 16.8 Å². The number of amides is 2. The van der Waals surface area contributed by atoms with Gasteiger partial charge in [-0.3, -0.25) is 14.6 Å². The Balaban J connectivity index is 1.41. The Labute approximate surface area is 179 Å². The quantitative estimate of drug-likeness (QED) is 0.589. The number of nitrogens with zero attached hydrogens (tertiary/aromatic N) is 1. The fraction of sp³-hybridized carbons (Fsp3) is 0.292. The maximum atomic E-state index is 12.9. The molecule has 1 fully saturated rings. The van der Waals surface area contributed by atoms with Gasteiger partial charge in [-0.15, -0.1) is 11.3 Å². The molecule has 2 N–H and O–H groups in total. The molecule has 0 bridgehead atoms. The number of carbonyl (C=O) groups excluding carboxylic acids is 2. The van der Waals surface area contributed by atoms with Crippen molar-refractivity contribution in [3.63, 3.8) is 0 Å². The maximum Gasteiger partial charge on any atom is 0.257 e. The third-order valence-corrected chi connectivity index (χ3v) is 7.18. The lowest BCUT2D eigenvalue weighted by Crippen LogP contribution is -2.36. The zero-order valence-electron chi connectivity index (χ0n) is 16.8. The number of carbonyl (C=O) groups is 2. The van der Waals surface area contributed by atoms with Gasteiger partial charge in [-0.1, -0.05) is 25.3 Å². The maximum absolute atomic E-state index is 12.9. The van der Waals surface area contributed by atoms with Crippen LogP contribution < -0.4 is 10.6 Å². The van der Waals surface area contributed by atoms with E-state index in [0.717, 1.165) is 47.5 Å². The van der Waals surface area contributed by atoms with E-state index in [1.165, 1.54) is 6.42 Å². The van der Waals surface area contributed by atoms with Crippen LogP contribution >= 0.6 is 11.3 Å². The first-order valence-corrected chi connectivity index (χ1v) is 11.2. The molecule has 3 heterocycles. The first-order chi connectivity index (χ1) is 14.6. The minimum absolute atomic E-state index is 0.102. The second-order valence-electron chi connectivity index (χ2n) is 8.12. The summed E-state index contributed by atoms with van der Waals surface area (Å²) in [6.45, 7) is 1.86. The van der Waals surface area contributed by atoms with E-state index >= 15 is 0 Å². The van der Waals surface area contributed by atoms with Crippen molar-refractivity contribution in [3.8, 4) is 10.6 Å². The zero-order valence-corrected chi connectivity index (χ0v) is 17.6. The molecule has 2 aliphatic rings. The van der Waals surface area contributed by atoms with E-state index in [-0.39, 0.29) is 11.8 Å². The van der Waals surface area contributed by atoms with Crippen LogP contribution in [0.15, 0.2) is 47.8 Å². The molecule has 1 aliphatic carbocycles. The molecule has 2 amide bonds. The van der Waals surface area contributed by atoms with Crippen LogP contribution in [0.3, 0.4) is 0 Å². The molecule has 0 unspecified atom stereocenters. The van der Waals surface area contributed by atoms with Gasteiger partial charge in [0, 0.05) is 11.4 Å². The second-order valence-corrected chi connectivity index (χ2v) is 9.07. The number of thiophene rings is 1. The highest BCUT2D eigenvalue weighted by molar-refractivity contribution is 7.13. The van der Waals surface area contributed by atoms with Crippen LogP contribution in [-0.2, 0) is 10.2 Å². The molecule has 3 aromatic rings. The number of anilines is 2. The predicted octanol–water partition coefficient (Wildman–Crippen LogP) is 5.52. The number of pyridine rings is 1. The van der Waals surface area contributed by atoms with Gasteiger partial charge in [-0.05, 0) is 67.1 Å². The topological polar surface area (TPSA) is 71.1 Å². The fourth-order valence-corrected chi connectivity index (χ4v) is 5.40. The number of nitrogens with one attached hydrogen (secondary N) is 2. The molecule has 30 heavy (non-hydrogen) atoms. The average Bonchev–Trinajstić information content (AvgIpc) is 3.37. The normalized spacial score (nSPS) is 16.9. The summed E-state index contributed by atoms with van der Waals surface area (Å²) < 4.78 is 0. The van der Waals surface area contributed by atoms with Crippen molar-refractivity contribution in [2.75, 3.05) is 10.6 Å². The first kappa shape index (κ1) is 19.0. The van der Waals surface area contributed by atoms with E-state index in [2.05, 4.69) is 15.6 Å². The largest absolute Gasteiger partial charge is 0.325 e. The van der Waals surface area contributed by atoms with Crippen molar-refractivity contribution < 1.29 is 9.59 Å². The Hall–Kier alpha value is -2.99. The van der Waals surface area contributed by atoms with Crippen LogP contribution in [0, 0.1) is 6.92 Å². The summed E-state index contributed by atoms with van der Waals surface area (Å²) in [5.74, 6) is -0.0856. The molecule has 1 aromatic carbocycles. The molecule has 0 saturated heterocycles. The van der Waals surface area contributed by atoms with Crippen LogP contribution in [0.4, 0.5) is 11.4 Å². The summed E-state index contributed by atoms with van der Waals surface area (Å²) in [6.07, 6.45) is 5.04. The first-order valence-electron chi connectivity index (χ1n) is 10.4. The second kappa shape index (κ2) is 7.36. The molecule has 152 valence electrons. The summed E-state index contributed by atoms with van der Waals surface area (Å²) in [5.41, 5.74) is 4.29. The Bertz CT molecular complexity index is 1130. The van der Waals surface area contributed by atoms with Gasteiger partial charge in [0.1, 0.15) is 0 Å². The average molecular weight is 418 g/mol. The molecule has 1 saturated carbocycles. The summed E-state index contributed by atoms with van der Waals surface area (Å²) in [6, 6.07) is 13.4. The number of fused-ring (bicyclic) bond motifs is 2. The highest BCUT2D eigenvalue weighted by Gasteiger charge is 2.47. The van der Waals surface area contributed by atoms with Crippen molar-refractivity contribution in [1.82, 2.24) is 4.98 Å². The number of aromatic nitrogens is 1. The summed E-state index contributed by atoms with van der Waals surface area (Å²) >= 11 is 1.63. The standard InChI is InChI=1S/C24H23N3O2S/c1-15-17(8-10-20(25-15)21-6-5-13-30-21)22(28)26-16-7-9-19-18(14-16)24(23(29)27-19)11-3-2-4-12-24/h5-10,13-14H,2-4,11-12H2,1H3,(H,26,28)(H,27,29). The van der Waals surface area contributed by atoms with Crippen molar-refractivity contribution in [1.29, 1.82) is 0 Å². The van der Waals surface area contributed by atoms with E-state index < -0.39 is 5.41 Å². The van der Waals surface area contributed by atoms with Gasteiger partial charge in [0.2, 0.25) is 5.91 Å². The third-order valence-electron chi connectivity index (χ3n) is 6.29. The SMILES string of the molecule is Cc1nc(-c2cccs2)ccc1C(=O)Nc1ccc2c(c1)C1(CCCCC1)C(=O)N2. The fourth-order valence-electron chi connectivity index (χ4n) is 4.70. The highest BCUT2D eigenvalue weighted by Crippen LogP contribution is 2.48. The smallest absolute Gasteiger partial charge is 0.257 e. The molecule has 5 rings (SSSR count). The lowest BCUT2D eigenvalue weighted by atomic mass is 9.70. The lowest BCUT2D eigenvalue weighted by molar-refractivity contribution is -0.121. The van der Waals surface area contributed by atoms with Crippen LogP contribution in [0.5, 0.6) is 0 Å². The van der Waals surface area contributed by atoms with Crippen molar-refractivity contribution >= 4 is 34.5 Å². The number of hydrogen-bond acceptors (Lipinski definition) is 4. The molecule has 0 radical (unpaired) electrons. The molecule has 1 spiro atoms. The van der Waals surface area contributed by atoms with Gasteiger partial charge >= 0.3 is 0 Å². The van der Waals surface area contributed by atoms with Crippen molar-refractivity contribution in [2.24, 2.45) is 0 Å². The molecular weight excluding hydrogens is 394 g/mol. The number of rotatable bonds is 3. The number of aryl methyl sites for hydroxylation is 1. The summed E-state index contributed by atoms with van der Waals surface area (Å²) in [7, 11) is 0. The van der Waals surface area contributed by atoms with E-state index in [1.807, 2.05) is 54.8 Å². The van der Waals surface area contributed by atoms with Gasteiger partial charge in [0.05, 0.1) is 27.2 Å². The van der Waals surface area contributed by atoms with E-state index in [1.54, 1.807) is 11.3 Å². The van der Waals surface area contributed by atoms with Crippen molar-refractivity contribution in [2.45, 2.75) is 44.4 Å². The Morgan fingerprint density at radius 3 is 2.70 bits per heavy atom. The van der Waals surface area contributed by atoms with Gasteiger partial charge in [-0.2, -0.15) is 0 Å². The number of benzene rings is 1. The Morgan fingerprint density at radius 2 is 1.97 bits per heavy atom. The monoisotopic (exact) mass is 417 g/mol. The van der Waals surface area contributed by atoms with Crippen molar-refractivity contribution in [3.05, 3.63) is 64.7 Å². The van der Waals surface area contributed by atoms with Crippen LogP contribution in [0.2, 0.25) is 0 Å². The van der Waals surface area contributed by atoms with Gasteiger partial charge in [0.15, 0.2) is 0 Å². The predicted molar refractivity (Wildman–Crippen MR) is 120 cm³/mol. The molecule has 1 aliphatic heterocycles. The number of hydrogen-bond donors (Lipinski definition) is 2.